The zero-order valence-electron chi connectivity index (χ0n) is 14.5. The van der Waals surface area contributed by atoms with Crippen LogP contribution in [0.4, 0.5) is 0 Å². The smallest absolute Gasteiger partial charge is 0.306 e. The van der Waals surface area contributed by atoms with Gasteiger partial charge in [-0.25, -0.2) is 0 Å². The summed E-state index contributed by atoms with van der Waals surface area (Å²) in [6.45, 7) is 5.98. The van der Waals surface area contributed by atoms with Crippen LogP contribution in [0, 0.1) is 0 Å². The van der Waals surface area contributed by atoms with E-state index in [0.29, 0.717) is 19.4 Å². The summed E-state index contributed by atoms with van der Waals surface area (Å²) in [6, 6.07) is 7.79. The number of esters is 1. The second kappa shape index (κ2) is 7.53. The Kier molecular flexibility index (Phi) is 5.67. The Morgan fingerprint density at radius 2 is 1.46 bits per heavy atom. The van der Waals surface area contributed by atoms with E-state index in [-0.39, 0.29) is 5.97 Å². The van der Waals surface area contributed by atoms with Crippen molar-refractivity contribution in [2.24, 2.45) is 5.73 Å². The van der Waals surface area contributed by atoms with E-state index in [1.165, 1.54) is 0 Å². The van der Waals surface area contributed by atoms with E-state index in [1.807, 2.05) is 45.0 Å². The van der Waals surface area contributed by atoms with Crippen molar-refractivity contribution in [3.63, 3.8) is 0 Å². The van der Waals surface area contributed by atoms with E-state index in [0.717, 1.165) is 11.1 Å². The normalized spacial score (nSPS) is 12.0. The molecule has 0 saturated heterocycles. The molecule has 0 aliphatic carbocycles. The van der Waals surface area contributed by atoms with Gasteiger partial charge in [0.05, 0.1) is 0 Å². The number of hydrogen-bond acceptors (Lipinski definition) is 5. The predicted octanol–water partition coefficient (Wildman–Crippen LogP) is 2.84. The fourth-order valence-corrected chi connectivity index (χ4v) is 2.84. The molecule has 5 heteroatoms. The molecule has 0 aliphatic rings. The van der Waals surface area contributed by atoms with Crippen LogP contribution in [-0.2, 0) is 14.9 Å². The van der Waals surface area contributed by atoms with Crippen LogP contribution in [0.1, 0.15) is 44.7 Å². The van der Waals surface area contributed by atoms with Crippen molar-refractivity contribution in [3.8, 4) is 0 Å². The zero-order valence-corrected chi connectivity index (χ0v) is 14.5. The summed E-state index contributed by atoms with van der Waals surface area (Å²) in [5.74, 6) is -0.219. The minimum Gasteiger partial charge on any atom is -0.460 e. The molecule has 0 aromatic carbocycles. The summed E-state index contributed by atoms with van der Waals surface area (Å²) in [5, 5.41) is 0. The lowest BCUT2D eigenvalue weighted by Gasteiger charge is -2.34. The lowest BCUT2D eigenvalue weighted by Crippen LogP contribution is -2.37. The monoisotopic (exact) mass is 327 g/mol. The Hall–Kier alpha value is -2.27. The summed E-state index contributed by atoms with van der Waals surface area (Å²) in [7, 11) is 0. The van der Waals surface area contributed by atoms with Crippen molar-refractivity contribution in [1.29, 1.82) is 0 Å². The fourth-order valence-electron chi connectivity index (χ4n) is 2.84. The van der Waals surface area contributed by atoms with Gasteiger partial charge in [-0.05, 0) is 62.6 Å². The fraction of sp³-hybridized carbons (Fsp3) is 0.421. The Balaban J connectivity index is 2.32. The van der Waals surface area contributed by atoms with Gasteiger partial charge in [0.1, 0.15) is 5.60 Å². The van der Waals surface area contributed by atoms with Gasteiger partial charge in [0.2, 0.25) is 0 Å². The van der Waals surface area contributed by atoms with Crippen molar-refractivity contribution in [1.82, 2.24) is 9.97 Å². The van der Waals surface area contributed by atoms with Crippen molar-refractivity contribution < 1.29 is 9.53 Å². The summed E-state index contributed by atoms with van der Waals surface area (Å²) in [6.07, 6.45) is 7.83. The topological polar surface area (TPSA) is 78.1 Å². The number of nitrogens with zero attached hydrogens (tertiary/aromatic N) is 2. The molecule has 2 rings (SSSR count). The van der Waals surface area contributed by atoms with Gasteiger partial charge in [0, 0.05) is 43.2 Å². The Bertz CT molecular complexity index is 612. The summed E-state index contributed by atoms with van der Waals surface area (Å²) >= 11 is 0. The van der Waals surface area contributed by atoms with Gasteiger partial charge >= 0.3 is 5.97 Å². The molecule has 2 N–H and O–H groups in total. The van der Waals surface area contributed by atoms with Gasteiger partial charge in [-0.15, -0.1) is 0 Å². The summed E-state index contributed by atoms with van der Waals surface area (Å²) in [5.41, 5.74) is 7.31. The number of rotatable bonds is 6. The quantitative estimate of drug-likeness (QED) is 0.825. The van der Waals surface area contributed by atoms with Gasteiger partial charge in [-0.3, -0.25) is 14.8 Å². The molecule has 24 heavy (non-hydrogen) atoms. The van der Waals surface area contributed by atoms with Gasteiger partial charge in [0.15, 0.2) is 0 Å². The van der Waals surface area contributed by atoms with Crippen LogP contribution in [0.15, 0.2) is 49.1 Å². The van der Waals surface area contributed by atoms with Crippen LogP contribution >= 0.6 is 0 Å². The van der Waals surface area contributed by atoms with Gasteiger partial charge in [0.25, 0.3) is 0 Å². The lowest BCUT2D eigenvalue weighted by molar-refractivity contribution is -0.155. The van der Waals surface area contributed by atoms with Crippen LogP contribution in [0.2, 0.25) is 0 Å². The predicted molar refractivity (Wildman–Crippen MR) is 93.4 cm³/mol. The molecule has 0 atom stereocenters. The maximum Gasteiger partial charge on any atom is 0.306 e. The summed E-state index contributed by atoms with van der Waals surface area (Å²) in [4.78, 5) is 20.4. The van der Waals surface area contributed by atoms with E-state index < -0.39 is 11.0 Å². The molecule has 0 bridgehead atoms. The molecule has 0 fully saturated rings. The van der Waals surface area contributed by atoms with Gasteiger partial charge in [-0.2, -0.15) is 0 Å². The molecular formula is C19H25N3O2. The lowest BCUT2D eigenvalue weighted by atomic mass is 9.72. The minimum absolute atomic E-state index is 0.219. The molecule has 0 amide bonds. The first-order valence-corrected chi connectivity index (χ1v) is 8.10. The highest BCUT2D eigenvalue weighted by Crippen LogP contribution is 2.35. The maximum atomic E-state index is 12.2. The molecule has 5 nitrogen and oxygen atoms in total. The molecule has 0 unspecified atom stereocenters. The Morgan fingerprint density at radius 3 is 1.83 bits per heavy atom. The van der Waals surface area contributed by atoms with Crippen molar-refractivity contribution in [2.45, 2.75) is 44.6 Å². The number of pyridine rings is 2. The number of ether oxygens (including phenoxy) is 1. The average Bonchev–Trinajstić information content (AvgIpc) is 2.56. The molecule has 2 aromatic heterocycles. The van der Waals surface area contributed by atoms with Crippen molar-refractivity contribution >= 4 is 5.97 Å². The summed E-state index contributed by atoms with van der Waals surface area (Å²) < 4.78 is 5.44. The highest BCUT2D eigenvalue weighted by Gasteiger charge is 2.34. The number of carbonyl (C=O) groups excluding carboxylic acids is 1. The van der Waals surface area contributed by atoms with Crippen molar-refractivity contribution in [3.05, 3.63) is 60.2 Å². The van der Waals surface area contributed by atoms with Crippen molar-refractivity contribution in [2.75, 3.05) is 6.54 Å². The largest absolute Gasteiger partial charge is 0.460 e. The highest BCUT2D eigenvalue weighted by molar-refractivity contribution is 5.70. The molecule has 0 saturated carbocycles. The third-order valence-corrected chi connectivity index (χ3v) is 3.99. The first kappa shape index (κ1) is 18.1. The molecule has 2 aromatic rings. The van der Waals surface area contributed by atoms with E-state index >= 15 is 0 Å². The molecular weight excluding hydrogens is 302 g/mol. The standard InChI is InChI=1S/C19H25N3O2/c1-18(2,3)24-17(23)4-9-19(14-20,15-5-10-21-11-6-15)16-7-12-22-13-8-16/h5-8,10-13H,4,9,14,20H2,1-3H3. The molecule has 0 spiro atoms. The SMILES string of the molecule is CC(C)(C)OC(=O)CCC(CN)(c1ccncc1)c1ccncc1. The minimum atomic E-state index is -0.490. The first-order valence-electron chi connectivity index (χ1n) is 8.10. The molecule has 2 heterocycles. The first-order chi connectivity index (χ1) is 11.4. The van der Waals surface area contributed by atoms with Crippen LogP contribution in [0.5, 0.6) is 0 Å². The zero-order chi connectivity index (χ0) is 17.6. The van der Waals surface area contributed by atoms with Gasteiger partial charge < -0.3 is 10.5 Å². The number of carbonyl (C=O) groups is 1. The third kappa shape index (κ3) is 4.38. The van der Waals surface area contributed by atoms with E-state index in [9.17, 15) is 4.79 Å². The highest BCUT2D eigenvalue weighted by atomic mass is 16.6. The maximum absolute atomic E-state index is 12.2. The van der Waals surface area contributed by atoms with E-state index in [4.69, 9.17) is 10.5 Å². The third-order valence-electron chi connectivity index (χ3n) is 3.99. The molecule has 0 aliphatic heterocycles. The second-order valence-electron chi connectivity index (χ2n) is 6.84. The van der Waals surface area contributed by atoms with E-state index in [2.05, 4.69) is 9.97 Å². The number of aromatic nitrogens is 2. The van der Waals surface area contributed by atoms with Crippen LogP contribution in [0.3, 0.4) is 0 Å². The number of nitrogens with two attached hydrogens (primary N) is 1. The van der Waals surface area contributed by atoms with Crippen LogP contribution in [-0.4, -0.2) is 28.1 Å². The Morgan fingerprint density at radius 1 is 1.00 bits per heavy atom. The van der Waals surface area contributed by atoms with E-state index in [1.54, 1.807) is 24.8 Å². The van der Waals surface area contributed by atoms with Crippen LogP contribution < -0.4 is 5.73 Å². The van der Waals surface area contributed by atoms with Crippen LogP contribution in [0.25, 0.3) is 0 Å². The Labute approximate surface area is 143 Å². The number of hydrogen-bond donors (Lipinski definition) is 1. The average molecular weight is 327 g/mol. The second-order valence-corrected chi connectivity index (χ2v) is 6.84. The van der Waals surface area contributed by atoms with Gasteiger partial charge in [-0.1, -0.05) is 0 Å². The molecule has 128 valence electrons. The molecule has 0 radical (unpaired) electrons.